The summed E-state index contributed by atoms with van der Waals surface area (Å²) < 4.78 is 2.12. The number of amides is 1. The van der Waals surface area contributed by atoms with Crippen molar-refractivity contribution in [2.45, 2.75) is 20.8 Å². The normalized spacial score (nSPS) is 11.1. The minimum atomic E-state index is -0.415. The highest BCUT2D eigenvalue weighted by atomic mass is 16.1. The molecule has 0 atom stereocenters. The first kappa shape index (κ1) is 20.9. The Bertz CT molecular complexity index is 1130. The van der Waals surface area contributed by atoms with Crippen LogP contribution in [0.1, 0.15) is 22.5 Å². The van der Waals surface area contributed by atoms with Gasteiger partial charge in [0.2, 0.25) is 0 Å². The minimum absolute atomic E-state index is 0.0683. The van der Waals surface area contributed by atoms with E-state index in [1.54, 1.807) is 6.08 Å². The first-order chi connectivity index (χ1) is 14.3. The van der Waals surface area contributed by atoms with Crippen molar-refractivity contribution >= 4 is 23.4 Å². The Kier molecular flexibility index (Phi) is 6.08. The molecule has 1 N–H and O–H groups in total. The molecule has 3 rings (SSSR count). The molecule has 5 heteroatoms. The largest absolute Gasteiger partial charge is 0.378 e. The minimum Gasteiger partial charge on any atom is -0.378 e. The molecule has 0 unspecified atom stereocenters. The molecular weight excluding hydrogens is 372 g/mol. The predicted octanol–water partition coefficient (Wildman–Crippen LogP) is 5.01. The highest BCUT2D eigenvalue weighted by molar-refractivity contribution is 6.09. The molecule has 152 valence electrons. The summed E-state index contributed by atoms with van der Waals surface area (Å²) in [7, 11) is 4.02. The lowest BCUT2D eigenvalue weighted by molar-refractivity contribution is -0.112. The van der Waals surface area contributed by atoms with Crippen molar-refractivity contribution in [1.29, 1.82) is 5.26 Å². The van der Waals surface area contributed by atoms with Gasteiger partial charge < -0.3 is 14.8 Å². The molecule has 1 amide bonds. The van der Waals surface area contributed by atoms with Crippen molar-refractivity contribution in [1.82, 2.24) is 4.57 Å². The summed E-state index contributed by atoms with van der Waals surface area (Å²) in [4.78, 5) is 14.6. The fourth-order valence-electron chi connectivity index (χ4n) is 3.37. The van der Waals surface area contributed by atoms with Gasteiger partial charge in [-0.1, -0.05) is 17.7 Å². The van der Waals surface area contributed by atoms with Crippen molar-refractivity contribution < 1.29 is 4.79 Å². The van der Waals surface area contributed by atoms with E-state index in [-0.39, 0.29) is 5.57 Å². The molecule has 0 aliphatic carbocycles. The van der Waals surface area contributed by atoms with Gasteiger partial charge in [0.1, 0.15) is 11.6 Å². The molecular formula is C25H26N4O. The number of nitrogens with one attached hydrogen (secondary N) is 1. The number of aryl methyl sites for hydroxylation is 2. The van der Waals surface area contributed by atoms with Crippen LogP contribution >= 0.6 is 0 Å². The third kappa shape index (κ3) is 4.44. The molecule has 0 aliphatic heterocycles. The quantitative estimate of drug-likeness (QED) is 0.485. The van der Waals surface area contributed by atoms with Gasteiger partial charge in [0.15, 0.2) is 0 Å². The number of benzene rings is 2. The Morgan fingerprint density at radius 1 is 1.03 bits per heavy atom. The van der Waals surface area contributed by atoms with E-state index < -0.39 is 5.91 Å². The Labute approximate surface area is 177 Å². The van der Waals surface area contributed by atoms with Crippen LogP contribution in [0.2, 0.25) is 0 Å². The van der Waals surface area contributed by atoms with Crippen molar-refractivity contribution in [3.8, 4) is 11.8 Å². The van der Waals surface area contributed by atoms with E-state index in [2.05, 4.69) is 39.0 Å². The van der Waals surface area contributed by atoms with Crippen LogP contribution in [0.15, 0.2) is 60.2 Å². The zero-order valence-corrected chi connectivity index (χ0v) is 18.0. The van der Waals surface area contributed by atoms with Crippen molar-refractivity contribution in [2.24, 2.45) is 0 Å². The van der Waals surface area contributed by atoms with Gasteiger partial charge in [-0.3, -0.25) is 4.79 Å². The molecule has 0 saturated carbocycles. The molecule has 1 heterocycles. The molecule has 0 aliphatic rings. The van der Waals surface area contributed by atoms with Crippen LogP contribution < -0.4 is 10.2 Å². The zero-order chi connectivity index (χ0) is 21.8. The van der Waals surface area contributed by atoms with Gasteiger partial charge in [0, 0.05) is 42.5 Å². The van der Waals surface area contributed by atoms with Crippen molar-refractivity contribution in [2.75, 3.05) is 24.3 Å². The van der Waals surface area contributed by atoms with Crippen LogP contribution in [0.25, 0.3) is 11.8 Å². The summed E-state index contributed by atoms with van der Waals surface area (Å²) in [6.45, 7) is 5.99. The van der Waals surface area contributed by atoms with E-state index in [0.29, 0.717) is 5.69 Å². The summed E-state index contributed by atoms with van der Waals surface area (Å²) >= 11 is 0. The van der Waals surface area contributed by atoms with Gasteiger partial charge in [-0.05, 0) is 74.9 Å². The lowest BCUT2D eigenvalue weighted by Crippen LogP contribution is -2.13. The fraction of sp³-hybridized carbons (Fsp3) is 0.200. The van der Waals surface area contributed by atoms with Crippen LogP contribution in [0.3, 0.4) is 0 Å². The van der Waals surface area contributed by atoms with E-state index in [1.807, 2.05) is 71.3 Å². The second kappa shape index (κ2) is 8.71. The third-order valence-corrected chi connectivity index (χ3v) is 5.07. The van der Waals surface area contributed by atoms with Gasteiger partial charge >= 0.3 is 0 Å². The summed E-state index contributed by atoms with van der Waals surface area (Å²) in [5, 5.41) is 12.3. The van der Waals surface area contributed by atoms with Crippen LogP contribution in [0, 0.1) is 32.1 Å². The molecule has 5 nitrogen and oxygen atoms in total. The molecule has 0 bridgehead atoms. The highest BCUT2D eigenvalue weighted by Crippen LogP contribution is 2.24. The Hall–Kier alpha value is -3.78. The monoisotopic (exact) mass is 398 g/mol. The predicted molar refractivity (Wildman–Crippen MR) is 123 cm³/mol. The smallest absolute Gasteiger partial charge is 0.266 e. The van der Waals surface area contributed by atoms with Gasteiger partial charge in [-0.25, -0.2) is 0 Å². The fourth-order valence-corrected chi connectivity index (χ4v) is 3.37. The van der Waals surface area contributed by atoms with Crippen LogP contribution in [0.5, 0.6) is 0 Å². The SMILES string of the molecule is Cc1ccc(NC(=O)/C(C#N)=C\c2cc(C)n(-c3ccc(N(C)C)cc3)c2C)cc1. The lowest BCUT2D eigenvalue weighted by atomic mass is 10.1. The first-order valence-corrected chi connectivity index (χ1v) is 9.76. The standard InChI is InChI=1S/C25H26N4O/c1-17-6-8-22(9-7-17)27-25(30)21(16-26)15-20-14-18(2)29(19(20)3)24-12-10-23(11-13-24)28(4)5/h6-15H,1-5H3,(H,27,30)/b21-15-. The number of nitriles is 1. The number of hydrogen-bond acceptors (Lipinski definition) is 3. The van der Waals surface area contributed by atoms with Gasteiger partial charge in [-0.15, -0.1) is 0 Å². The molecule has 0 spiro atoms. The Morgan fingerprint density at radius 3 is 2.23 bits per heavy atom. The maximum absolute atomic E-state index is 12.6. The average Bonchev–Trinajstić information content (AvgIpc) is 3.00. The van der Waals surface area contributed by atoms with E-state index in [0.717, 1.165) is 33.9 Å². The first-order valence-electron chi connectivity index (χ1n) is 9.76. The topological polar surface area (TPSA) is 61.1 Å². The number of hydrogen-bond donors (Lipinski definition) is 1. The van der Waals surface area contributed by atoms with Gasteiger partial charge in [0.05, 0.1) is 0 Å². The molecule has 0 saturated heterocycles. The second-order valence-electron chi connectivity index (χ2n) is 7.56. The number of carbonyl (C=O) groups excluding carboxylic acids is 1. The van der Waals surface area contributed by atoms with E-state index in [1.165, 1.54) is 0 Å². The number of rotatable bonds is 5. The Morgan fingerprint density at radius 2 is 1.67 bits per heavy atom. The van der Waals surface area contributed by atoms with Crippen LogP contribution in [0.4, 0.5) is 11.4 Å². The van der Waals surface area contributed by atoms with E-state index in [9.17, 15) is 10.1 Å². The van der Waals surface area contributed by atoms with Crippen molar-refractivity contribution in [3.63, 3.8) is 0 Å². The lowest BCUT2D eigenvalue weighted by Gasteiger charge is -2.14. The summed E-state index contributed by atoms with van der Waals surface area (Å²) in [5.74, 6) is -0.415. The molecule has 0 radical (unpaired) electrons. The van der Waals surface area contributed by atoms with Crippen molar-refractivity contribution in [3.05, 3.63) is 82.7 Å². The number of nitrogens with zero attached hydrogens (tertiary/aromatic N) is 3. The molecule has 1 aromatic heterocycles. The molecule has 3 aromatic rings. The molecule has 0 fully saturated rings. The van der Waals surface area contributed by atoms with Crippen LogP contribution in [-0.4, -0.2) is 24.6 Å². The van der Waals surface area contributed by atoms with E-state index in [4.69, 9.17) is 0 Å². The van der Waals surface area contributed by atoms with Gasteiger partial charge in [-0.2, -0.15) is 5.26 Å². The zero-order valence-electron chi connectivity index (χ0n) is 18.0. The maximum atomic E-state index is 12.6. The second-order valence-corrected chi connectivity index (χ2v) is 7.56. The molecule has 30 heavy (non-hydrogen) atoms. The highest BCUT2D eigenvalue weighted by Gasteiger charge is 2.14. The molecule has 2 aromatic carbocycles. The maximum Gasteiger partial charge on any atom is 0.266 e. The number of carbonyl (C=O) groups is 1. The summed E-state index contributed by atoms with van der Waals surface area (Å²) in [5.41, 5.74) is 6.86. The third-order valence-electron chi connectivity index (χ3n) is 5.07. The number of anilines is 2. The van der Waals surface area contributed by atoms with Crippen LogP contribution in [-0.2, 0) is 4.79 Å². The Balaban J connectivity index is 1.90. The van der Waals surface area contributed by atoms with Gasteiger partial charge in [0.25, 0.3) is 5.91 Å². The average molecular weight is 399 g/mol. The summed E-state index contributed by atoms with van der Waals surface area (Å²) in [6, 6.07) is 19.8. The summed E-state index contributed by atoms with van der Waals surface area (Å²) in [6.07, 6.45) is 1.65. The number of aromatic nitrogens is 1. The van der Waals surface area contributed by atoms with E-state index >= 15 is 0 Å².